The van der Waals surface area contributed by atoms with Crippen molar-refractivity contribution in [2.45, 2.75) is 63.8 Å². The van der Waals surface area contributed by atoms with Gasteiger partial charge in [0.25, 0.3) is 5.97 Å². The van der Waals surface area contributed by atoms with Crippen molar-refractivity contribution in [3.63, 3.8) is 0 Å². The Bertz CT molecular complexity index is 515. The highest BCUT2D eigenvalue weighted by Crippen LogP contribution is 2.34. The Balaban J connectivity index is 2.88. The van der Waals surface area contributed by atoms with E-state index in [0.29, 0.717) is 18.9 Å². The standard InChI is InChI=1S/C16H22F4O3/c1-2-3-4-5-6-7-8-11(16(21,22)23)10-9-12(17)14(19)15(20)13(10)18/h9,11,21-23H,2-8H2,1H3. The fourth-order valence-corrected chi connectivity index (χ4v) is 2.53. The van der Waals surface area contributed by atoms with E-state index in [0.717, 1.165) is 25.7 Å². The summed E-state index contributed by atoms with van der Waals surface area (Å²) in [5.41, 5.74) is -0.803. The lowest BCUT2D eigenvalue weighted by atomic mass is 9.90. The molecule has 7 heteroatoms. The van der Waals surface area contributed by atoms with Gasteiger partial charge in [-0.2, -0.15) is 0 Å². The molecule has 0 amide bonds. The average molecular weight is 338 g/mol. The van der Waals surface area contributed by atoms with Crippen molar-refractivity contribution in [3.05, 3.63) is 34.9 Å². The highest BCUT2D eigenvalue weighted by atomic mass is 19.2. The van der Waals surface area contributed by atoms with Crippen LogP contribution in [0.15, 0.2) is 6.07 Å². The molecule has 1 unspecified atom stereocenters. The van der Waals surface area contributed by atoms with Crippen LogP contribution in [0.2, 0.25) is 0 Å². The lowest BCUT2D eigenvalue weighted by molar-refractivity contribution is -0.326. The summed E-state index contributed by atoms with van der Waals surface area (Å²) in [6.07, 6.45) is 4.91. The van der Waals surface area contributed by atoms with E-state index in [4.69, 9.17) is 0 Å². The lowest BCUT2D eigenvalue weighted by Gasteiger charge is -2.27. The molecule has 0 saturated carbocycles. The minimum atomic E-state index is -3.36. The zero-order valence-electron chi connectivity index (χ0n) is 13.0. The van der Waals surface area contributed by atoms with Crippen LogP contribution in [0, 0.1) is 23.3 Å². The van der Waals surface area contributed by atoms with Crippen molar-refractivity contribution >= 4 is 0 Å². The Kier molecular flexibility index (Phi) is 7.44. The molecule has 0 saturated heterocycles. The van der Waals surface area contributed by atoms with Gasteiger partial charge in [-0.05, 0) is 12.5 Å². The van der Waals surface area contributed by atoms with E-state index in [1.807, 2.05) is 6.92 Å². The van der Waals surface area contributed by atoms with Crippen molar-refractivity contribution in [1.29, 1.82) is 0 Å². The average Bonchev–Trinajstić information content (AvgIpc) is 2.47. The van der Waals surface area contributed by atoms with Crippen LogP contribution >= 0.6 is 0 Å². The van der Waals surface area contributed by atoms with Crippen LogP contribution in [0.5, 0.6) is 0 Å². The SMILES string of the molecule is CCCCCCCCC(c1cc(F)c(F)c(F)c1F)C(O)(O)O. The number of benzene rings is 1. The van der Waals surface area contributed by atoms with Gasteiger partial charge in [-0.15, -0.1) is 0 Å². The van der Waals surface area contributed by atoms with E-state index in [1.165, 1.54) is 0 Å². The molecule has 1 atom stereocenters. The van der Waals surface area contributed by atoms with Gasteiger partial charge in [0.05, 0.1) is 5.92 Å². The fourth-order valence-electron chi connectivity index (χ4n) is 2.53. The minimum Gasteiger partial charge on any atom is -0.343 e. The number of hydrogen-bond acceptors (Lipinski definition) is 3. The van der Waals surface area contributed by atoms with Crippen molar-refractivity contribution < 1.29 is 32.9 Å². The molecule has 132 valence electrons. The van der Waals surface area contributed by atoms with Gasteiger partial charge in [0, 0.05) is 5.56 Å². The van der Waals surface area contributed by atoms with Gasteiger partial charge in [0.1, 0.15) is 0 Å². The first kappa shape index (κ1) is 19.9. The van der Waals surface area contributed by atoms with E-state index >= 15 is 0 Å². The Morgan fingerprint density at radius 1 is 0.870 bits per heavy atom. The van der Waals surface area contributed by atoms with Crippen molar-refractivity contribution in [2.24, 2.45) is 0 Å². The van der Waals surface area contributed by atoms with E-state index in [1.54, 1.807) is 0 Å². The molecule has 0 aliphatic carbocycles. The molecule has 3 nitrogen and oxygen atoms in total. The summed E-state index contributed by atoms with van der Waals surface area (Å²) >= 11 is 0. The molecular weight excluding hydrogens is 316 g/mol. The number of aliphatic hydroxyl groups is 3. The topological polar surface area (TPSA) is 60.7 Å². The fraction of sp³-hybridized carbons (Fsp3) is 0.625. The molecule has 0 aromatic heterocycles. The zero-order chi connectivity index (χ0) is 17.6. The third-order valence-electron chi connectivity index (χ3n) is 3.82. The molecule has 1 aromatic rings. The highest BCUT2D eigenvalue weighted by Gasteiger charge is 2.37. The maximum Gasteiger partial charge on any atom is 0.282 e. The number of hydrogen-bond donors (Lipinski definition) is 3. The van der Waals surface area contributed by atoms with Gasteiger partial charge in [0.2, 0.25) is 0 Å². The maximum absolute atomic E-state index is 13.8. The molecule has 0 spiro atoms. The summed E-state index contributed by atoms with van der Waals surface area (Å²) in [5, 5.41) is 28.1. The summed E-state index contributed by atoms with van der Waals surface area (Å²) in [6, 6.07) is 0.340. The molecule has 0 aliphatic rings. The number of halogens is 4. The first-order valence-electron chi connectivity index (χ1n) is 7.70. The van der Waals surface area contributed by atoms with Crippen LogP contribution in [0.4, 0.5) is 17.6 Å². The number of rotatable bonds is 9. The third kappa shape index (κ3) is 5.44. The Hall–Kier alpha value is -1.18. The molecule has 23 heavy (non-hydrogen) atoms. The van der Waals surface area contributed by atoms with E-state index in [9.17, 15) is 32.9 Å². The Morgan fingerprint density at radius 3 is 2.00 bits per heavy atom. The monoisotopic (exact) mass is 338 g/mol. The van der Waals surface area contributed by atoms with Crippen LogP contribution in [0.3, 0.4) is 0 Å². The summed E-state index contributed by atoms with van der Waals surface area (Å²) in [5.74, 6) is -12.5. The molecule has 1 aromatic carbocycles. The predicted octanol–water partition coefficient (Wildman–Crippen LogP) is 3.71. The Morgan fingerprint density at radius 2 is 1.43 bits per heavy atom. The van der Waals surface area contributed by atoms with Crippen molar-refractivity contribution in [2.75, 3.05) is 0 Å². The van der Waals surface area contributed by atoms with E-state index < -0.39 is 40.7 Å². The first-order chi connectivity index (χ1) is 10.7. The molecule has 3 N–H and O–H groups in total. The van der Waals surface area contributed by atoms with Gasteiger partial charge in [0.15, 0.2) is 23.3 Å². The summed E-state index contributed by atoms with van der Waals surface area (Å²) < 4.78 is 53.3. The van der Waals surface area contributed by atoms with Gasteiger partial charge in [-0.3, -0.25) is 0 Å². The first-order valence-corrected chi connectivity index (χ1v) is 7.70. The second-order valence-corrected chi connectivity index (χ2v) is 5.69. The third-order valence-corrected chi connectivity index (χ3v) is 3.82. The van der Waals surface area contributed by atoms with Crippen LogP contribution in [-0.2, 0) is 0 Å². The van der Waals surface area contributed by atoms with Crippen LogP contribution in [0.1, 0.15) is 63.4 Å². The molecular formula is C16H22F4O3. The quantitative estimate of drug-likeness (QED) is 0.211. The summed E-state index contributed by atoms with van der Waals surface area (Å²) in [7, 11) is 0. The van der Waals surface area contributed by atoms with Crippen molar-refractivity contribution in [1.82, 2.24) is 0 Å². The second kappa shape index (κ2) is 8.61. The molecule has 0 bridgehead atoms. The molecule has 1 rings (SSSR count). The zero-order valence-corrected chi connectivity index (χ0v) is 13.0. The van der Waals surface area contributed by atoms with Gasteiger partial charge >= 0.3 is 0 Å². The van der Waals surface area contributed by atoms with Crippen LogP contribution in [0.25, 0.3) is 0 Å². The second-order valence-electron chi connectivity index (χ2n) is 5.69. The Labute approximate surface area is 132 Å². The van der Waals surface area contributed by atoms with E-state index in [2.05, 4.69) is 0 Å². The smallest absolute Gasteiger partial charge is 0.282 e. The summed E-state index contributed by atoms with van der Waals surface area (Å²) in [4.78, 5) is 0. The molecule has 0 radical (unpaired) electrons. The van der Waals surface area contributed by atoms with Crippen molar-refractivity contribution in [3.8, 4) is 0 Å². The van der Waals surface area contributed by atoms with E-state index in [-0.39, 0.29) is 6.42 Å². The van der Waals surface area contributed by atoms with Crippen LogP contribution < -0.4 is 0 Å². The van der Waals surface area contributed by atoms with Crippen LogP contribution in [-0.4, -0.2) is 21.3 Å². The maximum atomic E-state index is 13.8. The molecule has 0 heterocycles. The highest BCUT2D eigenvalue weighted by molar-refractivity contribution is 5.26. The van der Waals surface area contributed by atoms with Gasteiger partial charge < -0.3 is 15.3 Å². The number of unbranched alkanes of at least 4 members (excludes halogenated alkanes) is 5. The molecule has 0 aliphatic heterocycles. The summed E-state index contributed by atoms with van der Waals surface area (Å²) in [6.45, 7) is 2.05. The lowest BCUT2D eigenvalue weighted by Crippen LogP contribution is -2.36. The molecule has 0 fully saturated rings. The predicted molar refractivity (Wildman–Crippen MR) is 76.4 cm³/mol. The van der Waals surface area contributed by atoms with Gasteiger partial charge in [-0.1, -0.05) is 45.4 Å². The normalized spacial score (nSPS) is 13.4. The van der Waals surface area contributed by atoms with Gasteiger partial charge in [-0.25, -0.2) is 17.6 Å². The largest absolute Gasteiger partial charge is 0.343 e. The minimum absolute atomic E-state index is 0.114.